The fourth-order valence-electron chi connectivity index (χ4n) is 5.88. The number of carbonyl (C=O) groups excluding carboxylic acids is 3. The summed E-state index contributed by atoms with van der Waals surface area (Å²) in [7, 11) is -0.828. The Morgan fingerprint density at radius 2 is 1.35 bits per heavy atom. The van der Waals surface area contributed by atoms with Crippen LogP contribution in [0.3, 0.4) is 0 Å². The summed E-state index contributed by atoms with van der Waals surface area (Å²) in [5.74, 6) is -4.65. The molecule has 16 nitrogen and oxygen atoms in total. The van der Waals surface area contributed by atoms with Gasteiger partial charge in [-0.25, -0.2) is 4.79 Å². The molecular weight excluding hydrogens is 696 g/mol. The lowest BCUT2D eigenvalue weighted by atomic mass is 9.89. The Morgan fingerprint density at radius 1 is 0.765 bits per heavy atom. The summed E-state index contributed by atoms with van der Waals surface area (Å²) < 4.78 is 83.3. The van der Waals surface area contributed by atoms with Crippen LogP contribution in [0.4, 0.5) is 0 Å². The molecule has 10 atom stereocenters. The Kier molecular flexibility index (Phi) is 14.9. The van der Waals surface area contributed by atoms with Crippen LogP contribution >= 0.6 is 0 Å². The summed E-state index contributed by atoms with van der Waals surface area (Å²) in [6, 6.07) is 18.3. The maximum absolute atomic E-state index is 13.1. The minimum atomic E-state index is -4.24. The van der Waals surface area contributed by atoms with E-state index in [4.69, 9.17) is 46.8 Å². The molecule has 2 aliphatic rings. The van der Waals surface area contributed by atoms with Gasteiger partial charge in [0.05, 0.1) is 45.9 Å². The predicted molar refractivity (Wildman–Crippen MR) is 174 cm³/mol. The van der Waals surface area contributed by atoms with Crippen LogP contribution in [0.15, 0.2) is 60.7 Å². The van der Waals surface area contributed by atoms with Crippen LogP contribution in [-0.2, 0) is 84.5 Å². The van der Waals surface area contributed by atoms with Gasteiger partial charge >= 0.3 is 17.9 Å². The maximum atomic E-state index is 13.1. The van der Waals surface area contributed by atoms with Crippen molar-refractivity contribution in [2.75, 3.05) is 33.7 Å². The summed E-state index contributed by atoms with van der Waals surface area (Å²) in [4.78, 5) is 37.2. The van der Waals surface area contributed by atoms with Crippen LogP contribution in [0.1, 0.15) is 25.0 Å². The number of aliphatic hydroxyl groups excluding tert-OH is 1. The van der Waals surface area contributed by atoms with Crippen molar-refractivity contribution in [3.05, 3.63) is 71.8 Å². The molecular formula is C34H44O16S. The molecule has 282 valence electrons. The van der Waals surface area contributed by atoms with E-state index in [2.05, 4.69) is 0 Å². The number of esters is 3. The Bertz CT molecular complexity index is 1520. The monoisotopic (exact) mass is 740 g/mol. The summed E-state index contributed by atoms with van der Waals surface area (Å²) >= 11 is 0. The first-order valence-corrected chi connectivity index (χ1v) is 17.6. The van der Waals surface area contributed by atoms with E-state index < -0.39 is 95.0 Å². The standard InChI is InChI=1S/C34H44O16S/c1-20(35)46-29-26(37)30(32(38)41-3)50-34(31(29)47-21(2)36)49-27-24(19-51(39,40)43-5)28(45-17-23-14-10-7-11-15-23)33(42-4)48-25(27)18-44-16-22-12-8-6-9-13-22/h6-15,24-31,33-34,37H,16-19H2,1-5H3/t24-,25+,26-,27-,28+,29-,30-,31+,33-,34+/m0/s1. The van der Waals surface area contributed by atoms with Crippen molar-refractivity contribution >= 4 is 28.0 Å². The van der Waals surface area contributed by atoms with E-state index in [1.807, 2.05) is 60.7 Å². The molecule has 0 spiro atoms. The first-order chi connectivity index (χ1) is 24.4. The number of carbonyl (C=O) groups is 3. The van der Waals surface area contributed by atoms with Crippen LogP contribution in [0.5, 0.6) is 0 Å². The quantitative estimate of drug-likeness (QED) is 0.147. The van der Waals surface area contributed by atoms with E-state index in [0.29, 0.717) is 0 Å². The van der Waals surface area contributed by atoms with E-state index >= 15 is 0 Å². The maximum Gasteiger partial charge on any atom is 0.338 e. The Balaban J connectivity index is 1.78. The van der Waals surface area contributed by atoms with Crippen molar-refractivity contribution in [2.24, 2.45) is 5.92 Å². The number of methoxy groups -OCH3 is 2. The van der Waals surface area contributed by atoms with E-state index in [1.165, 1.54) is 7.11 Å². The van der Waals surface area contributed by atoms with Gasteiger partial charge in [0.2, 0.25) is 0 Å². The first kappa shape index (κ1) is 40.3. The third-order valence-corrected chi connectivity index (χ3v) is 9.50. The van der Waals surface area contributed by atoms with Crippen LogP contribution in [-0.4, -0.2) is 120 Å². The van der Waals surface area contributed by atoms with Gasteiger partial charge in [-0.05, 0) is 11.1 Å². The van der Waals surface area contributed by atoms with E-state index in [9.17, 15) is 27.9 Å². The average molecular weight is 741 g/mol. The zero-order valence-electron chi connectivity index (χ0n) is 28.9. The molecule has 0 radical (unpaired) electrons. The predicted octanol–water partition coefficient (Wildman–Crippen LogP) is 1.26. The van der Waals surface area contributed by atoms with Crippen molar-refractivity contribution in [3.8, 4) is 0 Å². The lowest BCUT2D eigenvalue weighted by molar-refractivity contribution is -0.351. The van der Waals surface area contributed by atoms with Crippen LogP contribution < -0.4 is 0 Å². The summed E-state index contributed by atoms with van der Waals surface area (Å²) in [6.07, 6.45) is -13.5. The Hall–Kier alpha value is -3.52. The van der Waals surface area contributed by atoms with Crippen molar-refractivity contribution in [1.29, 1.82) is 0 Å². The third kappa shape index (κ3) is 11.0. The largest absolute Gasteiger partial charge is 0.467 e. The second kappa shape index (κ2) is 18.8. The molecule has 2 saturated heterocycles. The Labute approximate surface area is 296 Å². The lowest BCUT2D eigenvalue weighted by Gasteiger charge is -2.48. The lowest BCUT2D eigenvalue weighted by Crippen LogP contribution is -2.66. The van der Waals surface area contributed by atoms with Crippen LogP contribution in [0.25, 0.3) is 0 Å². The smallest absolute Gasteiger partial charge is 0.338 e. The zero-order chi connectivity index (χ0) is 37.1. The highest BCUT2D eigenvalue weighted by molar-refractivity contribution is 7.86. The number of benzene rings is 2. The molecule has 4 rings (SSSR count). The van der Waals surface area contributed by atoms with Gasteiger partial charge in [-0.3, -0.25) is 13.8 Å². The summed E-state index contributed by atoms with van der Waals surface area (Å²) in [5, 5.41) is 11.1. The highest BCUT2D eigenvalue weighted by atomic mass is 32.2. The first-order valence-electron chi connectivity index (χ1n) is 16.0. The van der Waals surface area contributed by atoms with Crippen LogP contribution in [0.2, 0.25) is 0 Å². The average Bonchev–Trinajstić information content (AvgIpc) is 3.11. The van der Waals surface area contributed by atoms with Gasteiger partial charge in [0.15, 0.2) is 30.9 Å². The van der Waals surface area contributed by atoms with Gasteiger partial charge in [-0.1, -0.05) is 60.7 Å². The molecule has 1 N–H and O–H groups in total. The second-order valence-electron chi connectivity index (χ2n) is 11.8. The normalized spacial score (nSPS) is 29.5. The number of ether oxygens (including phenoxy) is 9. The highest BCUT2D eigenvalue weighted by Gasteiger charge is 2.56. The molecule has 17 heteroatoms. The number of rotatable bonds is 16. The van der Waals surface area contributed by atoms with Crippen molar-refractivity contribution in [3.63, 3.8) is 0 Å². The number of hydrogen-bond acceptors (Lipinski definition) is 16. The van der Waals surface area contributed by atoms with E-state index in [0.717, 1.165) is 39.2 Å². The fraction of sp³-hybridized carbons (Fsp3) is 0.559. The fourth-order valence-corrected chi connectivity index (χ4v) is 6.86. The molecule has 2 fully saturated rings. The molecule has 2 aliphatic heterocycles. The third-order valence-electron chi connectivity index (χ3n) is 8.20. The van der Waals surface area contributed by atoms with Gasteiger partial charge in [-0.2, -0.15) is 8.42 Å². The number of aliphatic hydroxyl groups is 1. The molecule has 0 aromatic heterocycles. The molecule has 0 bridgehead atoms. The molecule has 0 amide bonds. The molecule has 2 aromatic carbocycles. The summed E-state index contributed by atoms with van der Waals surface area (Å²) in [6.45, 7) is 2.09. The van der Waals surface area contributed by atoms with Gasteiger partial charge in [-0.15, -0.1) is 0 Å². The van der Waals surface area contributed by atoms with Gasteiger partial charge in [0, 0.05) is 26.9 Å². The molecule has 2 heterocycles. The Morgan fingerprint density at radius 3 is 1.90 bits per heavy atom. The minimum Gasteiger partial charge on any atom is -0.467 e. The molecule has 0 unspecified atom stereocenters. The molecule has 0 aliphatic carbocycles. The van der Waals surface area contributed by atoms with Crippen molar-refractivity contribution < 1.29 is 74.7 Å². The second-order valence-corrected chi connectivity index (χ2v) is 13.6. The SMILES string of the molecule is COC(=O)[C@H]1O[C@@H](O[C@H]2[C@H](CS(=O)(=O)OC)[C@@H](OCc3ccccc3)[C@@H](OC)O[C@@H]2COCc2ccccc2)[C@H](OC(C)=O)[C@@H](OC(C)=O)[C@@H]1O. The topological polar surface area (TPSA) is 198 Å². The zero-order valence-corrected chi connectivity index (χ0v) is 29.7. The highest BCUT2D eigenvalue weighted by Crippen LogP contribution is 2.37. The molecule has 0 saturated carbocycles. The molecule has 2 aromatic rings. The van der Waals surface area contributed by atoms with Gasteiger partial charge < -0.3 is 47.7 Å². The van der Waals surface area contributed by atoms with Crippen molar-refractivity contribution in [2.45, 2.75) is 82.4 Å². The van der Waals surface area contributed by atoms with E-state index in [1.54, 1.807) is 0 Å². The van der Waals surface area contributed by atoms with E-state index in [-0.39, 0.29) is 19.8 Å². The number of hydrogen-bond donors (Lipinski definition) is 1. The van der Waals surface area contributed by atoms with Gasteiger partial charge in [0.1, 0.15) is 18.3 Å². The van der Waals surface area contributed by atoms with Crippen molar-refractivity contribution in [1.82, 2.24) is 0 Å². The summed E-state index contributed by atoms with van der Waals surface area (Å²) in [5.41, 5.74) is 1.59. The minimum absolute atomic E-state index is 0.0152. The molecule has 51 heavy (non-hydrogen) atoms. The van der Waals surface area contributed by atoms with Gasteiger partial charge in [0.25, 0.3) is 10.1 Å². The van der Waals surface area contributed by atoms with Crippen LogP contribution in [0, 0.1) is 5.92 Å².